The lowest BCUT2D eigenvalue weighted by Crippen LogP contribution is -2.51. The van der Waals surface area contributed by atoms with Gasteiger partial charge in [-0.3, -0.25) is 0 Å². The van der Waals surface area contributed by atoms with E-state index in [4.69, 9.17) is 9.47 Å². The summed E-state index contributed by atoms with van der Waals surface area (Å²) in [5.41, 5.74) is 0.397. The van der Waals surface area contributed by atoms with Crippen LogP contribution in [-0.2, 0) is 9.47 Å². The lowest BCUT2D eigenvalue weighted by atomic mass is 10.1. The molecule has 7 heteroatoms. The van der Waals surface area contributed by atoms with Crippen LogP contribution in [0, 0.1) is 6.92 Å². The van der Waals surface area contributed by atoms with Crippen LogP contribution in [0.4, 0.5) is 10.6 Å². The van der Waals surface area contributed by atoms with Gasteiger partial charge < -0.3 is 19.3 Å². The number of fused-ring (bicyclic) bond motifs is 1. The van der Waals surface area contributed by atoms with E-state index in [2.05, 4.69) is 15.1 Å². The van der Waals surface area contributed by atoms with Gasteiger partial charge in [0.2, 0.25) is 0 Å². The van der Waals surface area contributed by atoms with Gasteiger partial charge in [-0.05, 0) is 39.8 Å². The summed E-state index contributed by atoms with van der Waals surface area (Å²) in [5.74, 6) is 0.833. The third-order valence-corrected chi connectivity index (χ3v) is 4.03. The Hall–Kier alpha value is -1.89. The molecule has 7 nitrogen and oxygen atoms in total. The maximum atomic E-state index is 12.3. The van der Waals surface area contributed by atoms with E-state index in [1.54, 1.807) is 4.90 Å². The van der Waals surface area contributed by atoms with Gasteiger partial charge in [0.05, 0.1) is 31.0 Å². The van der Waals surface area contributed by atoms with Gasteiger partial charge in [-0.15, -0.1) is 5.10 Å². The normalized spacial score (nSPS) is 22.8. The van der Waals surface area contributed by atoms with Crippen molar-refractivity contribution < 1.29 is 14.3 Å². The lowest BCUT2D eigenvalue weighted by molar-refractivity contribution is 0.0162. The molecule has 3 heterocycles. The maximum absolute atomic E-state index is 12.3. The molecule has 0 aliphatic carbocycles. The summed E-state index contributed by atoms with van der Waals surface area (Å²) in [6.07, 6.45) is -0.301. The number of aryl methyl sites for hydroxylation is 1. The Bertz CT molecular complexity index is 571. The average molecular weight is 350 g/mol. The van der Waals surface area contributed by atoms with Crippen molar-refractivity contribution >= 4 is 11.9 Å². The zero-order chi connectivity index (χ0) is 18.6. The minimum atomic E-state index is -0.492. The monoisotopic (exact) mass is 350 g/mol. The van der Waals surface area contributed by atoms with Gasteiger partial charge in [-0.25, -0.2) is 4.79 Å². The first-order valence-electron chi connectivity index (χ1n) is 9.00. The summed E-state index contributed by atoms with van der Waals surface area (Å²) in [4.78, 5) is 16.2. The number of hydrogen-bond acceptors (Lipinski definition) is 6. The molecule has 0 unspecified atom stereocenters. The van der Waals surface area contributed by atoms with Crippen molar-refractivity contribution in [2.45, 2.75) is 59.3 Å². The number of carbonyl (C=O) groups excluding carboxylic acids is 1. The van der Waals surface area contributed by atoms with Gasteiger partial charge in [0.15, 0.2) is 5.82 Å². The summed E-state index contributed by atoms with van der Waals surface area (Å²) in [6, 6.07) is 4.02. The van der Waals surface area contributed by atoms with Crippen LogP contribution in [0.15, 0.2) is 12.1 Å². The van der Waals surface area contributed by atoms with E-state index < -0.39 is 5.60 Å². The van der Waals surface area contributed by atoms with Crippen molar-refractivity contribution in [1.82, 2.24) is 15.1 Å². The third-order valence-electron chi connectivity index (χ3n) is 4.03. The Labute approximate surface area is 150 Å². The Morgan fingerprint density at radius 2 is 1.96 bits per heavy atom. The highest BCUT2D eigenvalue weighted by Gasteiger charge is 2.43. The molecule has 3 rings (SSSR count). The van der Waals surface area contributed by atoms with Gasteiger partial charge in [-0.2, -0.15) is 5.10 Å². The van der Waals surface area contributed by atoms with Gasteiger partial charge >= 0.3 is 6.09 Å². The number of ether oxygens (including phenoxy) is 2. The van der Waals surface area contributed by atoms with Gasteiger partial charge in [0, 0.05) is 13.1 Å². The molecule has 0 radical (unpaired) electrons. The summed E-state index contributed by atoms with van der Waals surface area (Å²) in [5, 5.41) is 8.41. The second-order valence-corrected chi connectivity index (χ2v) is 7.09. The highest BCUT2D eigenvalue weighted by Crippen LogP contribution is 2.27. The van der Waals surface area contributed by atoms with Crippen LogP contribution in [-0.4, -0.2) is 65.2 Å². The molecule has 2 saturated heterocycles. The predicted octanol–water partition coefficient (Wildman–Crippen LogP) is 2.64. The molecule has 2 fully saturated rings. The van der Waals surface area contributed by atoms with Gasteiger partial charge in [-0.1, -0.05) is 13.8 Å². The van der Waals surface area contributed by atoms with E-state index in [1.807, 2.05) is 53.7 Å². The van der Waals surface area contributed by atoms with Crippen LogP contribution in [0.25, 0.3) is 0 Å². The number of carbonyl (C=O) groups is 1. The molecular weight excluding hydrogens is 320 g/mol. The molecule has 25 heavy (non-hydrogen) atoms. The van der Waals surface area contributed by atoms with Crippen LogP contribution >= 0.6 is 0 Å². The van der Waals surface area contributed by atoms with Gasteiger partial charge in [0.25, 0.3) is 0 Å². The Morgan fingerprint density at radius 1 is 1.24 bits per heavy atom. The molecule has 2 atom stereocenters. The molecule has 1 aromatic rings. The molecule has 0 spiro atoms. The van der Waals surface area contributed by atoms with E-state index in [0.717, 1.165) is 18.1 Å². The number of anilines is 1. The van der Waals surface area contributed by atoms with E-state index in [-0.39, 0.29) is 18.2 Å². The van der Waals surface area contributed by atoms with E-state index in [1.165, 1.54) is 0 Å². The molecule has 0 bridgehead atoms. The van der Waals surface area contributed by atoms with Crippen LogP contribution < -0.4 is 4.90 Å². The first-order chi connectivity index (χ1) is 11.8. The van der Waals surface area contributed by atoms with Gasteiger partial charge in [0.1, 0.15) is 5.60 Å². The fourth-order valence-corrected chi connectivity index (χ4v) is 2.99. The molecule has 0 N–H and O–H groups in total. The van der Waals surface area contributed by atoms with E-state index in [9.17, 15) is 4.79 Å². The van der Waals surface area contributed by atoms with Crippen LogP contribution in [0.5, 0.6) is 0 Å². The molecular formula is C18H30N4O3. The summed E-state index contributed by atoms with van der Waals surface area (Å²) in [6.45, 7) is 14.0. The Morgan fingerprint density at radius 3 is 2.56 bits per heavy atom. The molecule has 1 amide bonds. The average Bonchev–Trinajstić information content (AvgIpc) is 3.00. The second-order valence-electron chi connectivity index (χ2n) is 7.09. The zero-order valence-electron chi connectivity index (χ0n) is 16.2. The van der Waals surface area contributed by atoms with E-state index >= 15 is 0 Å². The van der Waals surface area contributed by atoms with Crippen LogP contribution in [0.3, 0.4) is 0 Å². The molecule has 0 saturated carbocycles. The largest absolute Gasteiger partial charge is 0.444 e. The van der Waals surface area contributed by atoms with Crippen molar-refractivity contribution in [2.75, 3.05) is 31.1 Å². The number of rotatable bonds is 1. The minimum Gasteiger partial charge on any atom is -0.444 e. The Kier molecular flexibility index (Phi) is 6.21. The zero-order valence-corrected chi connectivity index (χ0v) is 16.2. The summed E-state index contributed by atoms with van der Waals surface area (Å²) in [7, 11) is 0. The van der Waals surface area contributed by atoms with Crippen LogP contribution in [0.2, 0.25) is 0 Å². The molecule has 1 aromatic heterocycles. The minimum absolute atomic E-state index is 0.0145. The van der Waals surface area contributed by atoms with Crippen LogP contribution in [0.1, 0.15) is 40.3 Å². The SMILES string of the molecule is CC.Cc1ccc(N2CCO[C@@H]3CN(C(=O)OC(C)(C)C)C[C@@H]32)nn1. The maximum Gasteiger partial charge on any atom is 0.410 e. The number of likely N-dealkylation sites (tertiary alicyclic amines) is 1. The van der Waals surface area contributed by atoms with Crippen molar-refractivity contribution in [3.8, 4) is 0 Å². The quantitative estimate of drug-likeness (QED) is 0.776. The van der Waals surface area contributed by atoms with Crippen molar-refractivity contribution in [2.24, 2.45) is 0 Å². The lowest BCUT2D eigenvalue weighted by Gasteiger charge is -2.37. The standard InChI is InChI=1S/C16H24N4O3.C2H6/c1-11-5-6-14(18-17-11)20-7-8-22-13-10-19(9-12(13)20)15(21)23-16(2,3)4;1-2/h5-6,12-13H,7-10H2,1-4H3;1-2H3/t12-,13+;/m0./s1. The van der Waals surface area contributed by atoms with Crippen molar-refractivity contribution in [3.05, 3.63) is 17.8 Å². The first kappa shape index (κ1) is 19.4. The fourth-order valence-electron chi connectivity index (χ4n) is 2.99. The van der Waals surface area contributed by atoms with Crippen molar-refractivity contribution in [1.29, 1.82) is 0 Å². The second kappa shape index (κ2) is 7.99. The van der Waals surface area contributed by atoms with Crippen molar-refractivity contribution in [3.63, 3.8) is 0 Å². The summed E-state index contributed by atoms with van der Waals surface area (Å²) < 4.78 is 11.3. The molecule has 2 aliphatic rings. The first-order valence-corrected chi connectivity index (χ1v) is 9.00. The number of morpholine rings is 1. The number of hydrogen-bond donors (Lipinski definition) is 0. The molecule has 2 aliphatic heterocycles. The third kappa shape index (κ3) is 4.81. The van der Waals surface area contributed by atoms with E-state index in [0.29, 0.717) is 19.7 Å². The number of aromatic nitrogens is 2. The smallest absolute Gasteiger partial charge is 0.410 e. The number of amides is 1. The number of nitrogens with zero attached hydrogens (tertiary/aromatic N) is 4. The highest BCUT2D eigenvalue weighted by molar-refractivity contribution is 5.69. The topological polar surface area (TPSA) is 67.8 Å². The fraction of sp³-hybridized carbons (Fsp3) is 0.722. The Balaban J connectivity index is 0.00000109. The predicted molar refractivity (Wildman–Crippen MR) is 96.8 cm³/mol. The molecule has 140 valence electrons. The summed E-state index contributed by atoms with van der Waals surface area (Å²) >= 11 is 0. The molecule has 0 aromatic carbocycles. The highest BCUT2D eigenvalue weighted by atomic mass is 16.6.